The maximum atomic E-state index is 13.8. The maximum Gasteiger partial charge on any atom is 0.408 e. The molecule has 0 fully saturated rings. The molecule has 0 bridgehead atoms. The lowest BCUT2D eigenvalue weighted by atomic mass is 9.77. The Morgan fingerprint density at radius 2 is 1.36 bits per heavy atom. The zero-order chi connectivity index (χ0) is 33.9. The SMILES string of the molecule is CC(C)[C@@H](C(=O)N[C@@H](Cc1ccccc1)[C@@H](O)CNC(=O)[C@H](CC(=O)NC(C)(C)C)C(C)(C)C)N(Cc1ccccc1)C(=O)O. The van der Waals surface area contributed by atoms with Crippen LogP contribution in [0.5, 0.6) is 0 Å². The van der Waals surface area contributed by atoms with Gasteiger partial charge in [-0.15, -0.1) is 0 Å². The van der Waals surface area contributed by atoms with Gasteiger partial charge in [0.1, 0.15) is 6.04 Å². The summed E-state index contributed by atoms with van der Waals surface area (Å²) in [6, 6.07) is 16.5. The molecule has 0 radical (unpaired) electrons. The molecule has 0 heterocycles. The van der Waals surface area contributed by atoms with Gasteiger partial charge in [0, 0.05) is 25.0 Å². The van der Waals surface area contributed by atoms with Crippen molar-refractivity contribution in [1.29, 1.82) is 0 Å². The zero-order valence-corrected chi connectivity index (χ0v) is 28.0. The van der Waals surface area contributed by atoms with Crippen molar-refractivity contribution in [2.45, 2.75) is 98.5 Å². The molecule has 2 rings (SSSR count). The maximum absolute atomic E-state index is 13.8. The third-order valence-corrected chi connectivity index (χ3v) is 7.52. The van der Waals surface area contributed by atoms with E-state index >= 15 is 0 Å². The Morgan fingerprint density at radius 1 is 0.822 bits per heavy atom. The standard InChI is InChI=1S/C35H52N4O6/c1-23(2)30(39(33(44)45)22-25-17-13-10-14-18-25)32(43)37-27(19-24-15-11-9-12-16-24)28(40)21-36-31(42)26(34(3,4)5)20-29(41)38-35(6,7)8/h9-18,23,26-28,30,40H,19-22H2,1-8H3,(H,36,42)(H,37,43)(H,38,41)(H,44,45)/t26-,27-,28-,30-/m0/s1. The van der Waals surface area contributed by atoms with E-state index in [1.54, 1.807) is 26.0 Å². The molecule has 0 spiro atoms. The normalized spacial score (nSPS) is 14.5. The monoisotopic (exact) mass is 624 g/mol. The Kier molecular flexibility index (Phi) is 13.6. The van der Waals surface area contributed by atoms with E-state index in [4.69, 9.17) is 0 Å². The van der Waals surface area contributed by atoms with E-state index in [2.05, 4.69) is 16.0 Å². The lowest BCUT2D eigenvalue weighted by Gasteiger charge is -2.34. The zero-order valence-electron chi connectivity index (χ0n) is 28.0. The van der Waals surface area contributed by atoms with Crippen molar-refractivity contribution in [3.63, 3.8) is 0 Å². The van der Waals surface area contributed by atoms with Gasteiger partial charge in [0.15, 0.2) is 0 Å². The van der Waals surface area contributed by atoms with Crippen LogP contribution in [0.1, 0.15) is 72.9 Å². The third kappa shape index (κ3) is 12.5. The molecule has 0 aromatic heterocycles. The van der Waals surface area contributed by atoms with Gasteiger partial charge in [0.25, 0.3) is 0 Å². The van der Waals surface area contributed by atoms with Crippen LogP contribution in [0.4, 0.5) is 4.79 Å². The number of nitrogens with one attached hydrogen (secondary N) is 3. The van der Waals surface area contributed by atoms with Crippen LogP contribution in [0.15, 0.2) is 60.7 Å². The minimum atomic E-state index is -1.23. The highest BCUT2D eigenvalue weighted by molar-refractivity contribution is 5.87. The summed E-state index contributed by atoms with van der Waals surface area (Å²) < 4.78 is 0. The predicted octanol–water partition coefficient (Wildman–Crippen LogP) is 4.36. The minimum Gasteiger partial charge on any atom is -0.465 e. The summed E-state index contributed by atoms with van der Waals surface area (Å²) in [5, 5.41) is 30.0. The van der Waals surface area contributed by atoms with Crippen LogP contribution in [0.2, 0.25) is 0 Å². The molecule has 0 saturated heterocycles. The van der Waals surface area contributed by atoms with Crippen molar-refractivity contribution in [2.75, 3.05) is 6.54 Å². The Bertz CT molecular complexity index is 1250. The summed E-state index contributed by atoms with van der Waals surface area (Å²) in [6.45, 7) is 14.6. The first-order chi connectivity index (χ1) is 20.9. The molecule has 0 aliphatic heterocycles. The molecule has 5 N–H and O–H groups in total. The first-order valence-corrected chi connectivity index (χ1v) is 15.5. The van der Waals surface area contributed by atoms with E-state index in [1.165, 1.54) is 0 Å². The molecule has 4 atom stereocenters. The van der Waals surface area contributed by atoms with Crippen molar-refractivity contribution in [3.8, 4) is 0 Å². The fourth-order valence-corrected chi connectivity index (χ4v) is 5.21. The molecule has 0 unspecified atom stereocenters. The Morgan fingerprint density at radius 3 is 1.82 bits per heavy atom. The number of rotatable bonds is 14. The van der Waals surface area contributed by atoms with E-state index < -0.39 is 47.1 Å². The van der Waals surface area contributed by atoms with Crippen molar-refractivity contribution in [1.82, 2.24) is 20.9 Å². The molecule has 2 aromatic carbocycles. The van der Waals surface area contributed by atoms with Crippen LogP contribution in [0.3, 0.4) is 0 Å². The lowest BCUT2D eigenvalue weighted by molar-refractivity contribution is -0.134. The summed E-state index contributed by atoms with van der Waals surface area (Å²) in [6.07, 6.45) is -2.21. The lowest BCUT2D eigenvalue weighted by Crippen LogP contribution is -2.57. The molecule has 10 nitrogen and oxygen atoms in total. The van der Waals surface area contributed by atoms with Crippen molar-refractivity contribution < 1.29 is 29.4 Å². The smallest absolute Gasteiger partial charge is 0.408 e. The van der Waals surface area contributed by atoms with Gasteiger partial charge in [-0.2, -0.15) is 0 Å². The summed E-state index contributed by atoms with van der Waals surface area (Å²) in [5.74, 6) is -2.20. The highest BCUT2D eigenvalue weighted by Crippen LogP contribution is 2.29. The van der Waals surface area contributed by atoms with Crippen molar-refractivity contribution in [2.24, 2.45) is 17.3 Å². The van der Waals surface area contributed by atoms with Gasteiger partial charge in [-0.05, 0) is 49.7 Å². The Labute approximate surface area is 268 Å². The number of hydrogen-bond acceptors (Lipinski definition) is 5. The number of amides is 4. The fraction of sp³-hybridized carbons (Fsp3) is 0.543. The molecule has 0 aliphatic carbocycles. The van der Waals surface area contributed by atoms with Crippen LogP contribution >= 0.6 is 0 Å². The van der Waals surface area contributed by atoms with Gasteiger partial charge in [-0.25, -0.2) is 4.79 Å². The van der Waals surface area contributed by atoms with Gasteiger partial charge in [-0.1, -0.05) is 95.3 Å². The largest absolute Gasteiger partial charge is 0.465 e. The molecule has 2 aromatic rings. The number of hydrogen-bond donors (Lipinski definition) is 5. The number of aliphatic hydroxyl groups excluding tert-OH is 1. The van der Waals surface area contributed by atoms with E-state index in [-0.39, 0.29) is 43.7 Å². The molecular weight excluding hydrogens is 572 g/mol. The molecule has 45 heavy (non-hydrogen) atoms. The van der Waals surface area contributed by atoms with Crippen LogP contribution in [0, 0.1) is 17.3 Å². The van der Waals surface area contributed by atoms with Crippen LogP contribution < -0.4 is 16.0 Å². The molecular formula is C35H52N4O6. The summed E-state index contributed by atoms with van der Waals surface area (Å²) in [4.78, 5) is 53.3. The van der Waals surface area contributed by atoms with E-state index in [0.717, 1.165) is 16.0 Å². The second kappa shape index (κ2) is 16.4. The van der Waals surface area contributed by atoms with Gasteiger partial charge in [-0.3, -0.25) is 19.3 Å². The van der Waals surface area contributed by atoms with Crippen molar-refractivity contribution >= 4 is 23.8 Å². The number of carbonyl (C=O) groups excluding carboxylic acids is 3. The molecule has 0 aliphatic rings. The third-order valence-electron chi connectivity index (χ3n) is 7.52. The van der Waals surface area contributed by atoms with Crippen LogP contribution in [-0.4, -0.2) is 69.2 Å². The van der Waals surface area contributed by atoms with E-state index in [9.17, 15) is 29.4 Å². The second-order valence-corrected chi connectivity index (χ2v) is 14.1. The quantitative estimate of drug-likeness (QED) is 0.211. The van der Waals surface area contributed by atoms with Gasteiger partial charge >= 0.3 is 6.09 Å². The second-order valence-electron chi connectivity index (χ2n) is 14.1. The van der Waals surface area contributed by atoms with Gasteiger partial charge < -0.3 is 26.2 Å². The highest BCUT2D eigenvalue weighted by Gasteiger charge is 2.37. The van der Waals surface area contributed by atoms with E-state index in [0.29, 0.717) is 0 Å². The average Bonchev–Trinajstić information content (AvgIpc) is 2.93. The highest BCUT2D eigenvalue weighted by atomic mass is 16.4. The molecule has 248 valence electrons. The Hall–Kier alpha value is -3.92. The summed E-state index contributed by atoms with van der Waals surface area (Å²) in [5.41, 5.74) is 0.609. The summed E-state index contributed by atoms with van der Waals surface area (Å²) in [7, 11) is 0. The first kappa shape index (κ1) is 37.3. The number of benzene rings is 2. The average molecular weight is 625 g/mol. The number of aliphatic hydroxyl groups is 1. The first-order valence-electron chi connectivity index (χ1n) is 15.5. The Balaban J connectivity index is 2.27. The van der Waals surface area contributed by atoms with Gasteiger partial charge in [0.05, 0.1) is 18.1 Å². The molecule has 10 heteroatoms. The van der Waals surface area contributed by atoms with Gasteiger partial charge in [0.2, 0.25) is 17.7 Å². The van der Waals surface area contributed by atoms with Crippen LogP contribution in [0.25, 0.3) is 0 Å². The summed E-state index contributed by atoms with van der Waals surface area (Å²) >= 11 is 0. The fourth-order valence-electron chi connectivity index (χ4n) is 5.21. The van der Waals surface area contributed by atoms with E-state index in [1.807, 2.05) is 90.1 Å². The number of carboxylic acid groups (broad SMARTS) is 1. The molecule has 4 amide bonds. The minimum absolute atomic E-state index is 0.0185. The predicted molar refractivity (Wildman–Crippen MR) is 175 cm³/mol. The van der Waals surface area contributed by atoms with Crippen LogP contribution in [-0.2, 0) is 27.3 Å². The number of carbonyl (C=O) groups is 4. The topological polar surface area (TPSA) is 148 Å². The number of nitrogens with zero attached hydrogens (tertiary/aromatic N) is 1. The van der Waals surface area contributed by atoms with Crippen molar-refractivity contribution in [3.05, 3.63) is 71.8 Å². The molecule has 0 saturated carbocycles.